The SMILES string of the molecule is CCCCN.CCc1ccccc1.CS(=O)(=O)NCC(=O)N1CCCC1C(=O)NCC(=O)c1nc2ccccc2o1.OCC1CCCCC1. The molecular weight excluding hydrogens is 646 g/mol. The highest BCUT2D eigenvalue weighted by molar-refractivity contribution is 7.88. The Kier molecular flexibility index (Phi) is 19.4. The van der Waals surface area contributed by atoms with Gasteiger partial charge in [0.1, 0.15) is 11.6 Å². The van der Waals surface area contributed by atoms with E-state index in [4.69, 9.17) is 15.3 Å². The standard InChI is InChI=1S/C17H20N4O6S.C8H10.C7H14O.C4H11N/c1-28(25,26)19-10-15(23)21-8-4-6-12(21)16(24)18-9-13(22)17-20-11-5-2-3-7-14(11)27-17;1-2-8-6-4-3-5-7-8;8-6-7-4-2-1-3-5-7;1-2-3-4-5/h2-3,5,7,12,19H,4,6,8-10H2,1H3,(H,18,24);3-7H,2H2,1H3;7-8H,1-6H2;2-5H2,1H3. The number of rotatable bonds is 11. The van der Waals surface area contributed by atoms with Crippen LogP contribution in [-0.2, 0) is 26.0 Å². The van der Waals surface area contributed by atoms with Gasteiger partial charge in [-0.15, -0.1) is 0 Å². The van der Waals surface area contributed by atoms with Crippen LogP contribution in [0, 0.1) is 5.92 Å². The number of fused-ring (bicyclic) bond motifs is 1. The molecule has 1 atom stereocenters. The van der Waals surface area contributed by atoms with Gasteiger partial charge in [-0.2, -0.15) is 0 Å². The number of nitrogens with one attached hydrogen (secondary N) is 2. The van der Waals surface area contributed by atoms with E-state index < -0.39 is 40.2 Å². The largest absolute Gasteiger partial charge is 0.434 e. The molecule has 2 amide bonds. The summed E-state index contributed by atoms with van der Waals surface area (Å²) >= 11 is 0. The number of carbonyl (C=O) groups excluding carboxylic acids is 3. The molecule has 1 saturated carbocycles. The number of carbonyl (C=O) groups is 3. The molecule has 5 rings (SSSR count). The highest BCUT2D eigenvalue weighted by Gasteiger charge is 2.34. The van der Waals surface area contributed by atoms with E-state index in [-0.39, 0.29) is 12.4 Å². The predicted molar refractivity (Wildman–Crippen MR) is 192 cm³/mol. The van der Waals surface area contributed by atoms with Gasteiger partial charge in [0, 0.05) is 13.2 Å². The van der Waals surface area contributed by atoms with Crippen molar-refractivity contribution in [2.24, 2.45) is 11.7 Å². The predicted octanol–water partition coefficient (Wildman–Crippen LogP) is 4.22. The molecular formula is C36H55N5O7S. The molecule has 0 spiro atoms. The minimum absolute atomic E-state index is 0.0989. The summed E-state index contributed by atoms with van der Waals surface area (Å²) < 4.78 is 29.7. The third-order valence-corrected chi connectivity index (χ3v) is 8.78. The fourth-order valence-electron chi connectivity index (χ4n) is 5.27. The molecule has 1 unspecified atom stereocenters. The Labute approximate surface area is 291 Å². The van der Waals surface area contributed by atoms with E-state index in [1.54, 1.807) is 24.3 Å². The number of aliphatic hydroxyl groups excluding tert-OH is 1. The van der Waals surface area contributed by atoms with Crippen LogP contribution in [0.5, 0.6) is 0 Å². The number of hydrogen-bond donors (Lipinski definition) is 4. The molecule has 3 aromatic rings. The van der Waals surface area contributed by atoms with Gasteiger partial charge in [0.15, 0.2) is 5.58 Å². The first-order chi connectivity index (χ1) is 23.5. The van der Waals surface area contributed by atoms with Crippen LogP contribution in [0.25, 0.3) is 11.1 Å². The van der Waals surface area contributed by atoms with Crippen LogP contribution in [-0.4, -0.2) is 86.1 Å². The van der Waals surface area contributed by atoms with Crippen molar-refractivity contribution in [2.45, 2.75) is 84.1 Å². The highest BCUT2D eigenvalue weighted by Crippen LogP contribution is 2.22. The van der Waals surface area contributed by atoms with Crippen LogP contribution in [0.4, 0.5) is 0 Å². The van der Waals surface area contributed by atoms with Gasteiger partial charge in [0.05, 0.1) is 19.3 Å². The smallest absolute Gasteiger partial charge is 0.266 e. The van der Waals surface area contributed by atoms with Gasteiger partial charge in [-0.3, -0.25) is 14.4 Å². The molecule has 12 nitrogen and oxygen atoms in total. The van der Waals surface area contributed by atoms with E-state index in [2.05, 4.69) is 53.1 Å². The van der Waals surface area contributed by atoms with Crippen molar-refractivity contribution in [3.05, 3.63) is 66.1 Å². The lowest BCUT2D eigenvalue weighted by molar-refractivity contribution is -0.137. The number of aromatic nitrogens is 1. The number of aliphatic hydroxyl groups is 1. The maximum Gasteiger partial charge on any atom is 0.266 e. The second kappa shape index (κ2) is 22.9. The first-order valence-corrected chi connectivity index (χ1v) is 19.2. The van der Waals surface area contributed by atoms with Crippen LogP contribution in [0.15, 0.2) is 59.0 Å². The van der Waals surface area contributed by atoms with Crippen molar-refractivity contribution in [3.8, 4) is 0 Å². The quantitative estimate of drug-likeness (QED) is 0.213. The summed E-state index contributed by atoms with van der Waals surface area (Å²) in [5, 5.41) is 11.2. The number of ketones is 1. The van der Waals surface area contributed by atoms with Gasteiger partial charge < -0.3 is 25.5 Å². The fraction of sp³-hybridized carbons (Fsp3) is 0.556. The van der Waals surface area contributed by atoms with Gasteiger partial charge in [-0.25, -0.2) is 18.1 Å². The lowest BCUT2D eigenvalue weighted by atomic mass is 9.90. The van der Waals surface area contributed by atoms with Gasteiger partial charge >= 0.3 is 0 Å². The number of amides is 2. The average molecular weight is 702 g/mol. The first kappa shape index (κ1) is 41.5. The number of unbranched alkanes of at least 4 members (excludes halogenated alkanes) is 1. The topological polar surface area (TPSA) is 185 Å². The van der Waals surface area contributed by atoms with Crippen molar-refractivity contribution in [2.75, 3.05) is 39.0 Å². The number of likely N-dealkylation sites (tertiary alicyclic amines) is 1. The number of nitrogens with two attached hydrogens (primary N) is 1. The molecule has 1 saturated heterocycles. The fourth-order valence-corrected chi connectivity index (χ4v) is 5.66. The van der Waals surface area contributed by atoms with Crippen LogP contribution >= 0.6 is 0 Å². The zero-order valence-corrected chi connectivity index (χ0v) is 30.1. The van der Waals surface area contributed by atoms with Crippen LogP contribution in [0.2, 0.25) is 0 Å². The minimum atomic E-state index is -3.51. The first-order valence-electron chi connectivity index (χ1n) is 17.3. The average Bonchev–Trinajstić information content (AvgIpc) is 3.79. The third-order valence-electron chi connectivity index (χ3n) is 8.11. The molecule has 2 aliphatic rings. The molecule has 1 aliphatic carbocycles. The van der Waals surface area contributed by atoms with Gasteiger partial charge in [0.2, 0.25) is 27.6 Å². The van der Waals surface area contributed by atoms with Crippen molar-refractivity contribution in [1.29, 1.82) is 0 Å². The van der Waals surface area contributed by atoms with Crippen LogP contribution in [0.1, 0.15) is 87.9 Å². The summed E-state index contributed by atoms with van der Waals surface area (Å²) in [6, 6.07) is 16.6. The van der Waals surface area contributed by atoms with Crippen molar-refractivity contribution in [3.63, 3.8) is 0 Å². The number of oxazole rings is 1. The number of benzene rings is 2. The number of hydrogen-bond acceptors (Lipinski definition) is 9. The Morgan fingerprint density at radius 1 is 0.959 bits per heavy atom. The molecule has 1 aromatic heterocycles. The molecule has 49 heavy (non-hydrogen) atoms. The molecule has 2 fully saturated rings. The Morgan fingerprint density at radius 2 is 1.63 bits per heavy atom. The summed E-state index contributed by atoms with van der Waals surface area (Å²) in [5.74, 6) is -0.913. The Hall–Kier alpha value is -3.65. The third kappa shape index (κ3) is 16.1. The zero-order chi connectivity index (χ0) is 36.1. The summed E-state index contributed by atoms with van der Waals surface area (Å²) in [4.78, 5) is 42.2. The van der Waals surface area contributed by atoms with Crippen molar-refractivity contribution < 1.29 is 32.3 Å². The molecule has 1 aliphatic heterocycles. The maximum atomic E-state index is 12.4. The van der Waals surface area contributed by atoms with E-state index in [9.17, 15) is 22.8 Å². The molecule has 272 valence electrons. The van der Waals surface area contributed by atoms with Crippen molar-refractivity contribution >= 4 is 38.7 Å². The van der Waals surface area contributed by atoms with Gasteiger partial charge in [-0.05, 0) is 68.7 Å². The van der Waals surface area contributed by atoms with Gasteiger partial charge in [0.25, 0.3) is 5.89 Å². The number of Topliss-reactive ketones (excluding diaryl/α,β-unsaturated/α-hetero) is 1. The Bertz CT molecular complexity index is 1470. The zero-order valence-electron chi connectivity index (χ0n) is 29.2. The Morgan fingerprint density at radius 3 is 2.16 bits per heavy atom. The summed E-state index contributed by atoms with van der Waals surface area (Å²) in [5.41, 5.74) is 7.57. The van der Waals surface area contributed by atoms with Crippen LogP contribution < -0.4 is 15.8 Å². The second-order valence-corrected chi connectivity index (χ2v) is 14.0. The number of sulfonamides is 1. The highest BCUT2D eigenvalue weighted by atomic mass is 32.2. The van der Waals surface area contributed by atoms with Crippen molar-refractivity contribution in [1.82, 2.24) is 19.9 Å². The van der Waals surface area contributed by atoms with E-state index in [1.807, 2.05) is 6.07 Å². The molecule has 2 aromatic carbocycles. The van der Waals surface area contributed by atoms with E-state index >= 15 is 0 Å². The monoisotopic (exact) mass is 701 g/mol. The lowest BCUT2D eigenvalue weighted by Gasteiger charge is -2.23. The summed E-state index contributed by atoms with van der Waals surface area (Å²) in [6.07, 6.45) is 12.1. The normalized spacial score (nSPS) is 15.9. The summed E-state index contributed by atoms with van der Waals surface area (Å²) in [6.45, 7) is 5.18. The summed E-state index contributed by atoms with van der Waals surface area (Å²) in [7, 11) is -3.51. The van der Waals surface area contributed by atoms with Crippen LogP contribution in [0.3, 0.4) is 0 Å². The second-order valence-electron chi connectivity index (χ2n) is 12.1. The molecule has 2 heterocycles. The minimum Gasteiger partial charge on any atom is -0.434 e. The van der Waals surface area contributed by atoms with E-state index in [0.29, 0.717) is 43.0 Å². The number of nitrogens with zero attached hydrogens (tertiary/aromatic N) is 2. The molecule has 5 N–H and O–H groups in total. The van der Waals surface area contributed by atoms with E-state index in [1.165, 1.54) is 55.4 Å². The lowest BCUT2D eigenvalue weighted by Crippen LogP contribution is -2.49. The Balaban J connectivity index is 0.000000318. The maximum absolute atomic E-state index is 12.4. The molecule has 13 heteroatoms. The van der Waals surface area contributed by atoms with E-state index in [0.717, 1.165) is 19.2 Å². The number of para-hydroxylation sites is 2. The molecule has 0 bridgehead atoms. The van der Waals surface area contributed by atoms with Gasteiger partial charge in [-0.1, -0.05) is 82.0 Å². The number of aryl methyl sites for hydroxylation is 1. The molecule has 0 radical (unpaired) electrons.